The van der Waals surface area contributed by atoms with Gasteiger partial charge in [0.2, 0.25) is 0 Å². The van der Waals surface area contributed by atoms with E-state index >= 15 is 0 Å². The summed E-state index contributed by atoms with van der Waals surface area (Å²) in [6.45, 7) is 5.75. The highest BCUT2D eigenvalue weighted by molar-refractivity contribution is 6.31. The summed E-state index contributed by atoms with van der Waals surface area (Å²) in [7, 11) is 0. The van der Waals surface area contributed by atoms with Crippen molar-refractivity contribution in [1.29, 1.82) is 0 Å². The molecule has 0 aromatic heterocycles. The molecule has 1 nitrogen and oxygen atoms in total. The summed E-state index contributed by atoms with van der Waals surface area (Å²) in [5.74, 6) is 0. The van der Waals surface area contributed by atoms with Crippen molar-refractivity contribution in [2.45, 2.75) is 33.3 Å². The smallest absolute Gasteiger partial charge is 0.0552 e. The Hall–Kier alpha value is -0.530. The van der Waals surface area contributed by atoms with Crippen molar-refractivity contribution in [1.82, 2.24) is 0 Å². The first-order chi connectivity index (χ1) is 6.20. The van der Waals surface area contributed by atoms with E-state index < -0.39 is 0 Å². The molecule has 0 aliphatic carbocycles. The third kappa shape index (κ3) is 4.91. The van der Waals surface area contributed by atoms with Crippen LogP contribution < -0.4 is 0 Å². The monoisotopic (exact) mass is 200 g/mol. The fraction of sp³-hybridized carbons (Fsp3) is 0.455. The van der Waals surface area contributed by atoms with Gasteiger partial charge in [-0.15, -0.1) is 0 Å². The topological polar surface area (TPSA) is 20.2 Å². The van der Waals surface area contributed by atoms with Crippen LogP contribution in [-0.2, 0) is 6.42 Å². The lowest BCUT2D eigenvalue weighted by atomic mass is 10.1. The number of aliphatic hydroxyl groups excluding tert-OH is 1. The van der Waals surface area contributed by atoms with Gasteiger partial charge in [0, 0.05) is 5.02 Å². The molecule has 0 fully saturated rings. The van der Waals surface area contributed by atoms with Gasteiger partial charge in [-0.25, -0.2) is 0 Å². The first kappa shape index (κ1) is 12.5. The zero-order chi connectivity index (χ0) is 10.3. The fourth-order valence-electron chi connectivity index (χ4n) is 0.982. The highest BCUT2D eigenvalue weighted by Crippen LogP contribution is 2.16. The zero-order valence-electron chi connectivity index (χ0n) is 8.42. The Kier molecular flexibility index (Phi) is 6.65. The quantitative estimate of drug-likeness (QED) is 0.777. The van der Waals surface area contributed by atoms with Crippen molar-refractivity contribution in [3.8, 4) is 0 Å². The molecule has 1 aromatic rings. The van der Waals surface area contributed by atoms with Crippen molar-refractivity contribution in [2.24, 2.45) is 0 Å². The lowest BCUT2D eigenvalue weighted by Gasteiger charge is -2.05. The lowest BCUT2D eigenvalue weighted by molar-refractivity contribution is 0.195. The van der Waals surface area contributed by atoms with Crippen LogP contribution in [0.25, 0.3) is 0 Å². The average molecular weight is 201 g/mol. The molecule has 2 heteroatoms. The second kappa shape index (κ2) is 6.93. The third-order valence-corrected chi connectivity index (χ3v) is 1.84. The SMILES string of the molecule is CC.CC(O)Cc1ccccc1Cl. The van der Waals surface area contributed by atoms with Gasteiger partial charge in [0.15, 0.2) is 0 Å². The van der Waals surface area contributed by atoms with Crippen LogP contribution in [0.5, 0.6) is 0 Å². The Morgan fingerprint density at radius 1 is 1.31 bits per heavy atom. The minimum atomic E-state index is -0.324. The molecule has 0 saturated carbocycles. The molecule has 0 heterocycles. The third-order valence-electron chi connectivity index (χ3n) is 1.47. The molecule has 0 radical (unpaired) electrons. The minimum absolute atomic E-state index is 0.324. The van der Waals surface area contributed by atoms with E-state index in [0.29, 0.717) is 6.42 Å². The van der Waals surface area contributed by atoms with Crippen molar-refractivity contribution < 1.29 is 5.11 Å². The van der Waals surface area contributed by atoms with Crippen LogP contribution in [0.15, 0.2) is 24.3 Å². The first-order valence-corrected chi connectivity index (χ1v) is 4.99. The van der Waals surface area contributed by atoms with E-state index in [9.17, 15) is 0 Å². The van der Waals surface area contributed by atoms with Crippen LogP contribution in [0.4, 0.5) is 0 Å². The van der Waals surface area contributed by atoms with Crippen LogP contribution in [0.1, 0.15) is 26.3 Å². The van der Waals surface area contributed by atoms with Crippen LogP contribution in [-0.4, -0.2) is 11.2 Å². The summed E-state index contributed by atoms with van der Waals surface area (Å²) in [6, 6.07) is 7.56. The molecule has 0 amide bonds. The largest absolute Gasteiger partial charge is 0.393 e. The molecular formula is C11H17ClO. The molecule has 74 valence electrons. The predicted molar refractivity (Wildman–Crippen MR) is 58.2 cm³/mol. The number of hydrogen-bond acceptors (Lipinski definition) is 1. The van der Waals surface area contributed by atoms with E-state index in [-0.39, 0.29) is 6.10 Å². The van der Waals surface area contributed by atoms with E-state index in [1.54, 1.807) is 6.92 Å². The van der Waals surface area contributed by atoms with Crippen LogP contribution >= 0.6 is 11.6 Å². The first-order valence-electron chi connectivity index (χ1n) is 4.61. The molecule has 1 rings (SSSR count). The maximum absolute atomic E-state index is 9.07. The van der Waals surface area contributed by atoms with Crippen molar-refractivity contribution in [3.63, 3.8) is 0 Å². The van der Waals surface area contributed by atoms with Crippen LogP contribution in [0.3, 0.4) is 0 Å². The number of halogens is 1. The number of aliphatic hydroxyl groups is 1. The Balaban J connectivity index is 0.000000671. The summed E-state index contributed by atoms with van der Waals surface area (Å²) < 4.78 is 0. The van der Waals surface area contributed by atoms with Gasteiger partial charge >= 0.3 is 0 Å². The number of benzene rings is 1. The van der Waals surface area contributed by atoms with Gasteiger partial charge < -0.3 is 5.11 Å². The van der Waals surface area contributed by atoms with Crippen molar-refractivity contribution in [2.75, 3.05) is 0 Å². The highest BCUT2D eigenvalue weighted by atomic mass is 35.5. The van der Waals surface area contributed by atoms with E-state index in [1.807, 2.05) is 38.1 Å². The predicted octanol–water partition coefficient (Wildman–Crippen LogP) is 3.29. The lowest BCUT2D eigenvalue weighted by Crippen LogP contribution is -2.04. The van der Waals surface area contributed by atoms with Gasteiger partial charge in [0.1, 0.15) is 0 Å². The maximum Gasteiger partial charge on any atom is 0.0552 e. The molecule has 1 N–H and O–H groups in total. The van der Waals surface area contributed by atoms with E-state index in [0.717, 1.165) is 10.6 Å². The molecule has 0 bridgehead atoms. The summed E-state index contributed by atoms with van der Waals surface area (Å²) in [5, 5.41) is 9.80. The van der Waals surface area contributed by atoms with Gasteiger partial charge in [0.05, 0.1) is 6.10 Å². The van der Waals surface area contributed by atoms with E-state index in [2.05, 4.69) is 0 Å². The summed E-state index contributed by atoms with van der Waals surface area (Å²) >= 11 is 5.86. The molecule has 1 atom stereocenters. The fourth-order valence-corrected chi connectivity index (χ4v) is 1.20. The van der Waals surface area contributed by atoms with Crippen LogP contribution in [0, 0.1) is 0 Å². The summed E-state index contributed by atoms with van der Waals surface area (Å²) in [4.78, 5) is 0. The van der Waals surface area contributed by atoms with Crippen molar-refractivity contribution in [3.05, 3.63) is 34.9 Å². The van der Waals surface area contributed by atoms with Gasteiger partial charge in [-0.1, -0.05) is 43.6 Å². The Labute approximate surface area is 85.4 Å². The minimum Gasteiger partial charge on any atom is -0.393 e. The second-order valence-corrected chi connectivity index (χ2v) is 3.05. The maximum atomic E-state index is 9.07. The standard InChI is InChI=1S/C9H11ClO.C2H6/c1-7(11)6-8-4-2-3-5-9(8)10;1-2/h2-5,7,11H,6H2,1H3;1-2H3. The molecule has 0 spiro atoms. The van der Waals surface area contributed by atoms with E-state index in [1.165, 1.54) is 0 Å². The summed E-state index contributed by atoms with van der Waals surface area (Å²) in [5.41, 5.74) is 1.00. The van der Waals surface area contributed by atoms with Gasteiger partial charge in [-0.3, -0.25) is 0 Å². The van der Waals surface area contributed by atoms with Gasteiger partial charge in [-0.2, -0.15) is 0 Å². The Bertz CT molecular complexity index is 233. The number of hydrogen-bond donors (Lipinski definition) is 1. The highest BCUT2D eigenvalue weighted by Gasteiger charge is 2.01. The van der Waals surface area contributed by atoms with Gasteiger partial charge in [-0.05, 0) is 25.0 Å². The molecule has 0 saturated heterocycles. The Morgan fingerprint density at radius 3 is 2.31 bits per heavy atom. The van der Waals surface area contributed by atoms with E-state index in [4.69, 9.17) is 16.7 Å². The Morgan fingerprint density at radius 2 is 1.85 bits per heavy atom. The molecule has 0 aliphatic heterocycles. The molecule has 1 unspecified atom stereocenters. The van der Waals surface area contributed by atoms with Crippen molar-refractivity contribution >= 4 is 11.6 Å². The average Bonchev–Trinajstić information content (AvgIpc) is 2.12. The molecule has 0 aliphatic rings. The summed E-state index contributed by atoms with van der Waals surface area (Å²) in [6.07, 6.45) is 0.301. The normalized spacial score (nSPS) is 11.5. The van der Waals surface area contributed by atoms with Gasteiger partial charge in [0.25, 0.3) is 0 Å². The second-order valence-electron chi connectivity index (χ2n) is 2.64. The number of rotatable bonds is 2. The van der Waals surface area contributed by atoms with Crippen LogP contribution in [0.2, 0.25) is 5.02 Å². The molecule has 13 heavy (non-hydrogen) atoms. The zero-order valence-corrected chi connectivity index (χ0v) is 9.17. The molecular weight excluding hydrogens is 184 g/mol. The molecule has 1 aromatic carbocycles.